The van der Waals surface area contributed by atoms with E-state index in [0.29, 0.717) is 43.1 Å². The molecule has 2 aromatic carbocycles. The van der Waals surface area contributed by atoms with Crippen LogP contribution in [0.2, 0.25) is 0 Å². The number of aromatic nitrogens is 2. The van der Waals surface area contributed by atoms with Crippen LogP contribution in [0, 0.1) is 12.7 Å². The van der Waals surface area contributed by atoms with Gasteiger partial charge in [0.05, 0.1) is 23.6 Å². The second-order valence-corrected chi connectivity index (χ2v) is 11.4. The van der Waals surface area contributed by atoms with Crippen molar-refractivity contribution in [3.05, 3.63) is 76.7 Å². The largest absolute Gasteiger partial charge is 0.481 e. The molecule has 0 saturated carbocycles. The summed E-state index contributed by atoms with van der Waals surface area (Å²) in [6, 6.07) is 12.4. The number of carbonyl (C=O) groups is 1. The summed E-state index contributed by atoms with van der Waals surface area (Å²) in [5, 5.41) is 11.8. The first-order valence-electron chi connectivity index (χ1n) is 12.1. The molecule has 0 fully saturated rings. The Kier molecular flexibility index (Phi) is 6.68. The Hall–Kier alpha value is -3.79. The molecule has 0 radical (unpaired) electrons. The van der Waals surface area contributed by atoms with Crippen LogP contribution in [0.4, 0.5) is 21.8 Å². The minimum Gasteiger partial charge on any atom is -0.481 e. The Morgan fingerprint density at radius 3 is 2.59 bits per heavy atom. The van der Waals surface area contributed by atoms with Gasteiger partial charge in [-0.3, -0.25) is 4.79 Å². The highest BCUT2D eigenvalue weighted by atomic mass is 32.2. The zero-order valence-corrected chi connectivity index (χ0v) is 21.2. The lowest BCUT2D eigenvalue weighted by Crippen LogP contribution is -2.31. The van der Waals surface area contributed by atoms with Gasteiger partial charge in [-0.1, -0.05) is 42.0 Å². The van der Waals surface area contributed by atoms with Gasteiger partial charge in [0.25, 0.3) is 0 Å². The maximum absolute atomic E-state index is 14.8. The molecule has 0 amide bonds. The van der Waals surface area contributed by atoms with E-state index in [2.05, 4.69) is 52.5 Å². The highest BCUT2D eigenvalue weighted by Gasteiger charge is 2.31. The number of anilines is 3. The van der Waals surface area contributed by atoms with Gasteiger partial charge < -0.3 is 15.3 Å². The standard InChI is InChI=1S/C27H27FN4O4S/c1-17-4-7-19(8-5-17)20-10-12-32(13-11-20)27-30-23-3-2-14-37(35,36)25(23)26(31-27)29-22-9-6-18(15-21(22)28)16-24(33)34/h4-10,15H,2-3,11-14,16H2,1H3,(H,33,34)(H,29,30,31). The molecule has 0 aliphatic carbocycles. The van der Waals surface area contributed by atoms with Crippen molar-refractivity contribution < 1.29 is 22.7 Å². The van der Waals surface area contributed by atoms with Gasteiger partial charge in [0.1, 0.15) is 10.7 Å². The molecule has 2 aliphatic heterocycles. The predicted molar refractivity (Wildman–Crippen MR) is 139 cm³/mol. The number of aliphatic carboxylic acids is 1. The summed E-state index contributed by atoms with van der Waals surface area (Å²) in [4.78, 5) is 22.1. The number of sulfone groups is 1. The minimum absolute atomic E-state index is 0.00408. The summed E-state index contributed by atoms with van der Waals surface area (Å²) >= 11 is 0. The summed E-state index contributed by atoms with van der Waals surface area (Å²) in [5.74, 6) is -1.35. The summed E-state index contributed by atoms with van der Waals surface area (Å²) in [5.41, 5.74) is 4.35. The number of nitrogens with zero attached hydrogens (tertiary/aromatic N) is 3. The average molecular weight is 523 g/mol. The van der Waals surface area contributed by atoms with Gasteiger partial charge >= 0.3 is 5.97 Å². The van der Waals surface area contributed by atoms with E-state index in [1.165, 1.54) is 28.8 Å². The first kappa shape index (κ1) is 24.9. The highest BCUT2D eigenvalue weighted by Crippen LogP contribution is 2.34. The van der Waals surface area contributed by atoms with Crippen molar-refractivity contribution in [1.29, 1.82) is 0 Å². The molecule has 0 unspecified atom stereocenters. The molecular weight excluding hydrogens is 495 g/mol. The molecule has 192 valence electrons. The Bertz CT molecular complexity index is 1500. The monoisotopic (exact) mass is 522 g/mol. The number of fused-ring (bicyclic) bond motifs is 1. The first-order chi connectivity index (χ1) is 17.7. The van der Waals surface area contributed by atoms with E-state index in [9.17, 15) is 17.6 Å². The molecule has 3 aromatic rings. The summed E-state index contributed by atoms with van der Waals surface area (Å²) in [6.07, 6.45) is 3.54. The van der Waals surface area contributed by atoms with Crippen molar-refractivity contribution in [2.24, 2.45) is 0 Å². The second kappa shape index (κ2) is 9.93. The quantitative estimate of drug-likeness (QED) is 0.493. The molecule has 5 rings (SSSR count). The third-order valence-electron chi connectivity index (χ3n) is 6.62. The Balaban J connectivity index is 1.48. The van der Waals surface area contributed by atoms with Crippen LogP contribution in [-0.2, 0) is 27.5 Å². The first-order valence-corrected chi connectivity index (χ1v) is 13.8. The van der Waals surface area contributed by atoms with E-state index in [-0.39, 0.29) is 28.6 Å². The fourth-order valence-electron chi connectivity index (χ4n) is 4.69. The number of rotatable bonds is 6. The maximum atomic E-state index is 14.8. The van der Waals surface area contributed by atoms with Crippen LogP contribution in [0.3, 0.4) is 0 Å². The number of nitrogens with one attached hydrogen (secondary N) is 1. The van der Waals surface area contributed by atoms with Crippen LogP contribution in [0.25, 0.3) is 5.57 Å². The van der Waals surface area contributed by atoms with Crippen molar-refractivity contribution >= 4 is 38.8 Å². The van der Waals surface area contributed by atoms with E-state index in [1.54, 1.807) is 0 Å². The normalized spacial score (nSPS) is 16.6. The Morgan fingerprint density at radius 1 is 1.14 bits per heavy atom. The van der Waals surface area contributed by atoms with Gasteiger partial charge in [-0.25, -0.2) is 17.8 Å². The van der Waals surface area contributed by atoms with Gasteiger partial charge in [-0.05, 0) is 55.0 Å². The second-order valence-electron chi connectivity index (χ2n) is 9.37. The number of benzene rings is 2. The lowest BCUT2D eigenvalue weighted by atomic mass is 9.99. The van der Waals surface area contributed by atoms with Gasteiger partial charge in [-0.2, -0.15) is 4.98 Å². The average Bonchev–Trinajstić information content (AvgIpc) is 2.85. The molecule has 1 aromatic heterocycles. The molecule has 3 heterocycles. The van der Waals surface area contributed by atoms with Gasteiger partial charge in [0.15, 0.2) is 15.7 Å². The molecule has 2 N–H and O–H groups in total. The molecule has 37 heavy (non-hydrogen) atoms. The van der Waals surface area contributed by atoms with Crippen molar-refractivity contribution in [2.75, 3.05) is 29.1 Å². The van der Waals surface area contributed by atoms with Gasteiger partial charge in [0.2, 0.25) is 5.95 Å². The van der Waals surface area contributed by atoms with Crippen LogP contribution < -0.4 is 10.2 Å². The number of hydrogen-bond acceptors (Lipinski definition) is 7. The van der Waals surface area contributed by atoms with Crippen LogP contribution in [0.5, 0.6) is 0 Å². The SMILES string of the molecule is Cc1ccc(C2=CCN(c3nc4c(c(Nc5ccc(CC(=O)O)cc5F)n3)S(=O)(=O)CCC4)CC2)cc1. The third kappa shape index (κ3) is 5.34. The lowest BCUT2D eigenvalue weighted by molar-refractivity contribution is -0.136. The summed E-state index contributed by atoms with van der Waals surface area (Å²) < 4.78 is 40.7. The summed E-state index contributed by atoms with van der Waals surface area (Å²) in [6.45, 7) is 3.27. The van der Waals surface area contributed by atoms with Crippen LogP contribution in [-0.4, -0.2) is 48.3 Å². The minimum atomic E-state index is -3.64. The number of carboxylic acid groups (broad SMARTS) is 1. The van der Waals surface area contributed by atoms with E-state index in [1.807, 2.05) is 4.90 Å². The predicted octanol–water partition coefficient (Wildman–Crippen LogP) is 4.31. The molecule has 0 spiro atoms. The number of hydrogen-bond donors (Lipinski definition) is 2. The van der Waals surface area contributed by atoms with E-state index < -0.39 is 21.6 Å². The maximum Gasteiger partial charge on any atom is 0.307 e. The molecule has 2 aliphatic rings. The Morgan fingerprint density at radius 2 is 1.92 bits per heavy atom. The van der Waals surface area contributed by atoms with Crippen LogP contribution >= 0.6 is 0 Å². The molecule has 8 nitrogen and oxygen atoms in total. The topological polar surface area (TPSA) is 112 Å². The zero-order chi connectivity index (χ0) is 26.2. The molecule has 10 heteroatoms. The highest BCUT2D eigenvalue weighted by molar-refractivity contribution is 7.91. The number of carboxylic acids is 1. The smallest absolute Gasteiger partial charge is 0.307 e. The van der Waals surface area contributed by atoms with Crippen molar-refractivity contribution in [3.63, 3.8) is 0 Å². The van der Waals surface area contributed by atoms with E-state index in [0.717, 1.165) is 12.5 Å². The number of halogens is 1. The van der Waals surface area contributed by atoms with E-state index >= 15 is 0 Å². The fourth-order valence-corrected chi connectivity index (χ4v) is 6.32. The van der Waals surface area contributed by atoms with Crippen molar-refractivity contribution in [1.82, 2.24) is 9.97 Å². The van der Waals surface area contributed by atoms with Crippen molar-refractivity contribution in [2.45, 2.75) is 37.5 Å². The van der Waals surface area contributed by atoms with Crippen molar-refractivity contribution in [3.8, 4) is 0 Å². The van der Waals surface area contributed by atoms with Crippen LogP contribution in [0.1, 0.15) is 35.2 Å². The zero-order valence-electron chi connectivity index (χ0n) is 20.4. The van der Waals surface area contributed by atoms with Crippen LogP contribution in [0.15, 0.2) is 53.4 Å². The third-order valence-corrected chi connectivity index (χ3v) is 8.49. The Labute approximate surface area is 214 Å². The van der Waals surface area contributed by atoms with Gasteiger partial charge in [-0.15, -0.1) is 0 Å². The number of aryl methyl sites for hydroxylation is 2. The lowest BCUT2D eigenvalue weighted by Gasteiger charge is -2.29. The summed E-state index contributed by atoms with van der Waals surface area (Å²) in [7, 11) is -3.64. The molecule has 0 saturated heterocycles. The van der Waals surface area contributed by atoms with E-state index in [4.69, 9.17) is 5.11 Å². The molecule has 0 bridgehead atoms. The fraction of sp³-hybridized carbons (Fsp3) is 0.296. The molecular formula is C27H27FN4O4S. The molecule has 0 atom stereocenters. The van der Waals surface area contributed by atoms with Gasteiger partial charge in [0, 0.05) is 13.1 Å².